The van der Waals surface area contributed by atoms with Crippen LogP contribution in [-0.4, -0.2) is 34.6 Å². The smallest absolute Gasteiger partial charge is 0.161 e. The molecule has 2 N–H and O–H groups in total. The molecular weight excluding hydrogens is 332 g/mol. The highest BCUT2D eigenvalue weighted by atomic mass is 16.5. The van der Waals surface area contributed by atoms with Gasteiger partial charge >= 0.3 is 0 Å². The summed E-state index contributed by atoms with van der Waals surface area (Å²) in [5.74, 6) is 1.43. The fourth-order valence-corrected chi connectivity index (χ4v) is 2.52. The van der Waals surface area contributed by atoms with Gasteiger partial charge in [-0.1, -0.05) is 6.07 Å². The van der Waals surface area contributed by atoms with Crippen LogP contribution in [0.5, 0.6) is 17.2 Å². The lowest BCUT2D eigenvalue weighted by Gasteiger charge is -2.14. The van der Waals surface area contributed by atoms with E-state index in [4.69, 9.17) is 9.47 Å². The molecule has 0 aliphatic rings. The van der Waals surface area contributed by atoms with Crippen molar-refractivity contribution in [1.82, 2.24) is 4.98 Å². The van der Waals surface area contributed by atoms with E-state index in [9.17, 15) is 10.2 Å². The van der Waals surface area contributed by atoms with Gasteiger partial charge in [0.1, 0.15) is 5.75 Å². The van der Waals surface area contributed by atoms with E-state index < -0.39 is 0 Å². The third kappa shape index (κ3) is 4.52. The standard InChI is InChI=1S/C20H26N2O4/c1-5-25-18-8-7-15(9-19(18)26-6-2)13(3)22-11-17-16(12-23)10-21-14(4)20(17)24/h7-11,13,23-24H,5-6,12H2,1-4H3/t13-/m0/s1. The number of aryl methyl sites for hydroxylation is 1. The van der Waals surface area contributed by atoms with E-state index in [2.05, 4.69) is 9.98 Å². The number of benzene rings is 1. The monoisotopic (exact) mass is 358 g/mol. The minimum absolute atomic E-state index is 0.0363. The van der Waals surface area contributed by atoms with Crippen molar-refractivity contribution in [2.45, 2.75) is 40.3 Å². The quantitative estimate of drug-likeness (QED) is 0.705. The first-order chi connectivity index (χ1) is 12.5. The van der Waals surface area contributed by atoms with Crippen LogP contribution < -0.4 is 9.47 Å². The maximum atomic E-state index is 10.2. The Kier molecular flexibility index (Phi) is 6.97. The highest BCUT2D eigenvalue weighted by molar-refractivity contribution is 5.85. The first-order valence-corrected chi connectivity index (χ1v) is 8.72. The van der Waals surface area contributed by atoms with Gasteiger partial charge in [-0.05, 0) is 45.4 Å². The molecular formula is C20H26N2O4. The van der Waals surface area contributed by atoms with Gasteiger partial charge in [-0.15, -0.1) is 0 Å². The van der Waals surface area contributed by atoms with Gasteiger partial charge in [0, 0.05) is 23.5 Å². The Hall–Kier alpha value is -2.60. The molecule has 0 fully saturated rings. The predicted octanol–water partition coefficient (Wildman–Crippen LogP) is 3.57. The van der Waals surface area contributed by atoms with Crippen molar-refractivity contribution in [2.24, 2.45) is 4.99 Å². The highest BCUT2D eigenvalue weighted by Gasteiger charge is 2.12. The molecule has 0 amide bonds. The van der Waals surface area contributed by atoms with Crippen LogP contribution in [-0.2, 0) is 6.61 Å². The minimum atomic E-state index is -0.214. The molecule has 0 spiro atoms. The predicted molar refractivity (Wildman–Crippen MR) is 101 cm³/mol. The van der Waals surface area contributed by atoms with E-state index in [1.165, 1.54) is 0 Å². The summed E-state index contributed by atoms with van der Waals surface area (Å²) in [6.45, 7) is 8.41. The SMILES string of the molecule is CCOc1ccc([C@H](C)N=Cc2c(CO)cnc(C)c2O)cc1OCC. The number of aromatic hydroxyl groups is 1. The largest absolute Gasteiger partial charge is 0.505 e. The molecule has 0 aliphatic heterocycles. The van der Waals surface area contributed by atoms with E-state index in [1.54, 1.807) is 19.3 Å². The molecule has 0 unspecified atom stereocenters. The molecule has 2 aromatic rings. The molecule has 6 nitrogen and oxygen atoms in total. The lowest BCUT2D eigenvalue weighted by atomic mass is 10.1. The number of aliphatic hydroxyl groups excluding tert-OH is 1. The topological polar surface area (TPSA) is 84.2 Å². The van der Waals surface area contributed by atoms with Gasteiger partial charge in [0.25, 0.3) is 0 Å². The van der Waals surface area contributed by atoms with Crippen LogP contribution >= 0.6 is 0 Å². The Morgan fingerprint density at radius 3 is 2.54 bits per heavy atom. The molecule has 6 heteroatoms. The van der Waals surface area contributed by atoms with Crippen molar-refractivity contribution in [2.75, 3.05) is 13.2 Å². The van der Waals surface area contributed by atoms with Crippen molar-refractivity contribution in [1.29, 1.82) is 0 Å². The van der Waals surface area contributed by atoms with E-state index in [-0.39, 0.29) is 18.4 Å². The number of nitrogens with zero attached hydrogens (tertiary/aromatic N) is 2. The molecule has 140 valence electrons. The summed E-state index contributed by atoms with van der Waals surface area (Å²) in [7, 11) is 0. The lowest BCUT2D eigenvalue weighted by molar-refractivity contribution is 0.280. The van der Waals surface area contributed by atoms with Gasteiger partial charge < -0.3 is 19.7 Å². The Labute approximate surface area is 154 Å². The van der Waals surface area contributed by atoms with Gasteiger partial charge in [0.05, 0.1) is 31.6 Å². The van der Waals surface area contributed by atoms with Gasteiger partial charge in [-0.2, -0.15) is 0 Å². The molecule has 1 aromatic carbocycles. The molecule has 0 radical (unpaired) electrons. The first kappa shape index (κ1) is 19.7. The average Bonchev–Trinajstić information content (AvgIpc) is 2.64. The summed E-state index contributed by atoms with van der Waals surface area (Å²) in [5, 5.41) is 19.7. The molecule has 1 aromatic heterocycles. The molecule has 0 saturated carbocycles. The number of hydrogen-bond acceptors (Lipinski definition) is 6. The summed E-state index contributed by atoms with van der Waals surface area (Å²) >= 11 is 0. The van der Waals surface area contributed by atoms with Crippen LogP contribution in [0, 0.1) is 6.92 Å². The average molecular weight is 358 g/mol. The van der Waals surface area contributed by atoms with Crippen molar-refractivity contribution < 1.29 is 19.7 Å². The van der Waals surface area contributed by atoms with Crippen molar-refractivity contribution in [3.05, 3.63) is 46.8 Å². The van der Waals surface area contributed by atoms with Crippen LogP contribution in [0.3, 0.4) is 0 Å². The summed E-state index contributed by atoms with van der Waals surface area (Å²) in [5.41, 5.74) is 2.48. The summed E-state index contributed by atoms with van der Waals surface area (Å²) < 4.78 is 11.2. The van der Waals surface area contributed by atoms with E-state index in [0.29, 0.717) is 41.5 Å². The molecule has 0 aliphatic carbocycles. The molecule has 1 heterocycles. The highest BCUT2D eigenvalue weighted by Crippen LogP contribution is 2.32. The van der Waals surface area contributed by atoms with Crippen LogP contribution in [0.2, 0.25) is 0 Å². The Bertz CT molecular complexity index is 775. The Morgan fingerprint density at radius 2 is 1.88 bits per heavy atom. The number of hydrogen-bond donors (Lipinski definition) is 2. The molecule has 2 rings (SSSR count). The zero-order valence-corrected chi connectivity index (χ0v) is 15.7. The third-order valence-electron chi connectivity index (χ3n) is 4.01. The Balaban J connectivity index is 2.30. The van der Waals surface area contributed by atoms with Crippen LogP contribution in [0.25, 0.3) is 0 Å². The third-order valence-corrected chi connectivity index (χ3v) is 4.01. The van der Waals surface area contributed by atoms with E-state index >= 15 is 0 Å². The summed E-state index contributed by atoms with van der Waals surface area (Å²) in [6, 6.07) is 5.58. The second kappa shape index (κ2) is 9.20. The maximum Gasteiger partial charge on any atom is 0.161 e. The van der Waals surface area contributed by atoms with Gasteiger partial charge in [0.15, 0.2) is 11.5 Å². The Morgan fingerprint density at radius 1 is 1.19 bits per heavy atom. The fourth-order valence-electron chi connectivity index (χ4n) is 2.52. The number of rotatable bonds is 8. The number of pyridine rings is 1. The van der Waals surface area contributed by atoms with Crippen LogP contribution in [0.4, 0.5) is 0 Å². The number of aliphatic hydroxyl groups is 1. The van der Waals surface area contributed by atoms with Gasteiger partial charge in [-0.25, -0.2) is 0 Å². The summed E-state index contributed by atoms with van der Waals surface area (Å²) in [6.07, 6.45) is 3.13. The van der Waals surface area contributed by atoms with Crippen LogP contribution in [0.15, 0.2) is 29.4 Å². The number of aromatic nitrogens is 1. The normalized spacial score (nSPS) is 12.3. The molecule has 26 heavy (non-hydrogen) atoms. The number of aliphatic imine (C=N–C) groups is 1. The van der Waals surface area contributed by atoms with Crippen molar-refractivity contribution in [3.8, 4) is 17.2 Å². The zero-order valence-electron chi connectivity index (χ0n) is 15.7. The second-order valence-corrected chi connectivity index (χ2v) is 5.82. The van der Waals surface area contributed by atoms with Crippen LogP contribution in [0.1, 0.15) is 49.2 Å². The van der Waals surface area contributed by atoms with E-state index in [0.717, 1.165) is 5.56 Å². The molecule has 0 bridgehead atoms. The van der Waals surface area contributed by atoms with Crippen molar-refractivity contribution >= 4 is 6.21 Å². The lowest BCUT2D eigenvalue weighted by Crippen LogP contribution is -2.01. The maximum absolute atomic E-state index is 10.2. The molecule has 1 atom stereocenters. The summed E-state index contributed by atoms with van der Waals surface area (Å²) in [4.78, 5) is 8.58. The van der Waals surface area contributed by atoms with E-state index in [1.807, 2.05) is 39.0 Å². The zero-order chi connectivity index (χ0) is 19.1. The first-order valence-electron chi connectivity index (χ1n) is 8.72. The van der Waals surface area contributed by atoms with Gasteiger partial charge in [0.2, 0.25) is 0 Å². The van der Waals surface area contributed by atoms with Crippen molar-refractivity contribution in [3.63, 3.8) is 0 Å². The minimum Gasteiger partial charge on any atom is -0.505 e. The molecule has 0 saturated heterocycles. The number of ether oxygens (including phenoxy) is 2. The van der Waals surface area contributed by atoms with Gasteiger partial charge in [-0.3, -0.25) is 9.98 Å². The second-order valence-electron chi connectivity index (χ2n) is 5.82. The fraction of sp³-hybridized carbons (Fsp3) is 0.400.